The van der Waals surface area contributed by atoms with E-state index in [4.69, 9.17) is 0 Å². The van der Waals surface area contributed by atoms with Crippen LogP contribution in [-0.2, 0) is 9.59 Å². The maximum Gasteiger partial charge on any atom is 0.326 e. The molecule has 1 unspecified atom stereocenters. The lowest BCUT2D eigenvalue weighted by Gasteiger charge is -2.39. The molecule has 2 atom stereocenters. The first-order chi connectivity index (χ1) is 9.10. The summed E-state index contributed by atoms with van der Waals surface area (Å²) in [5.74, 6) is -0.850. The molecule has 2 aliphatic heterocycles. The molecule has 2 saturated heterocycles. The summed E-state index contributed by atoms with van der Waals surface area (Å²) in [6.45, 7) is 3.51. The van der Waals surface area contributed by atoms with Crippen LogP contribution >= 0.6 is 0 Å². The van der Waals surface area contributed by atoms with Crippen molar-refractivity contribution in [3.8, 4) is 0 Å². The molecule has 2 rings (SSSR count). The molecular weight excluding hydrogens is 244 g/mol. The van der Waals surface area contributed by atoms with Gasteiger partial charge in [0.05, 0.1) is 5.54 Å². The van der Waals surface area contributed by atoms with E-state index in [2.05, 4.69) is 12.2 Å². The van der Waals surface area contributed by atoms with Crippen molar-refractivity contribution in [3.63, 3.8) is 0 Å². The zero-order chi connectivity index (χ0) is 13.9. The van der Waals surface area contributed by atoms with E-state index in [0.717, 1.165) is 45.1 Å². The number of rotatable bonds is 4. The largest absolute Gasteiger partial charge is 0.480 e. The summed E-state index contributed by atoms with van der Waals surface area (Å²) in [5.41, 5.74) is -0.500. The summed E-state index contributed by atoms with van der Waals surface area (Å²) in [6.07, 6.45) is 5.97. The highest BCUT2D eigenvalue weighted by Gasteiger charge is 2.45. The fourth-order valence-corrected chi connectivity index (χ4v) is 3.44. The van der Waals surface area contributed by atoms with Crippen molar-refractivity contribution >= 4 is 11.9 Å². The number of hydrogen-bond donors (Lipinski definition) is 2. The Labute approximate surface area is 114 Å². The van der Waals surface area contributed by atoms with E-state index >= 15 is 0 Å². The molecule has 0 bridgehead atoms. The monoisotopic (exact) mass is 268 g/mol. The molecule has 0 spiro atoms. The van der Waals surface area contributed by atoms with Gasteiger partial charge in [-0.25, -0.2) is 4.79 Å². The number of aliphatic carboxylic acids is 1. The molecule has 2 fully saturated rings. The van der Waals surface area contributed by atoms with Gasteiger partial charge in [0.1, 0.15) is 6.04 Å². The molecule has 108 valence electrons. The Morgan fingerprint density at radius 3 is 2.74 bits per heavy atom. The van der Waals surface area contributed by atoms with Crippen LogP contribution in [0.5, 0.6) is 0 Å². The fourth-order valence-electron chi connectivity index (χ4n) is 3.44. The minimum atomic E-state index is -0.863. The van der Waals surface area contributed by atoms with Crippen LogP contribution in [0.15, 0.2) is 0 Å². The zero-order valence-electron chi connectivity index (χ0n) is 11.7. The number of nitrogens with one attached hydrogen (secondary N) is 1. The van der Waals surface area contributed by atoms with E-state index in [1.165, 1.54) is 0 Å². The van der Waals surface area contributed by atoms with E-state index < -0.39 is 17.6 Å². The highest BCUT2D eigenvalue weighted by molar-refractivity contribution is 5.90. The molecule has 19 heavy (non-hydrogen) atoms. The second-order valence-electron chi connectivity index (χ2n) is 5.71. The summed E-state index contributed by atoms with van der Waals surface area (Å²) >= 11 is 0. The van der Waals surface area contributed by atoms with Crippen LogP contribution in [-0.4, -0.2) is 46.6 Å². The molecule has 0 aromatic carbocycles. The van der Waals surface area contributed by atoms with Crippen molar-refractivity contribution in [3.05, 3.63) is 0 Å². The van der Waals surface area contributed by atoms with Crippen LogP contribution in [0.25, 0.3) is 0 Å². The normalized spacial score (nSPS) is 31.4. The van der Waals surface area contributed by atoms with Crippen molar-refractivity contribution in [1.29, 1.82) is 0 Å². The summed E-state index contributed by atoms with van der Waals surface area (Å²) in [6, 6.07) is -0.627. The van der Waals surface area contributed by atoms with Gasteiger partial charge in [0.15, 0.2) is 0 Å². The predicted octanol–water partition coefficient (Wildman–Crippen LogP) is 1.37. The molecule has 5 nitrogen and oxygen atoms in total. The molecule has 0 radical (unpaired) electrons. The standard InChI is InChI=1S/C14H24N2O3/c1-2-7-14(8-5-9-15-14)13(19)16-10-4-3-6-11(16)12(17)18/h11,15H,2-10H2,1H3,(H,17,18)/t11-,14?/m1/s1. The minimum absolute atomic E-state index is 0.0129. The lowest BCUT2D eigenvalue weighted by atomic mass is 9.88. The van der Waals surface area contributed by atoms with E-state index in [9.17, 15) is 14.7 Å². The highest BCUT2D eigenvalue weighted by atomic mass is 16.4. The van der Waals surface area contributed by atoms with Crippen molar-refractivity contribution in [1.82, 2.24) is 10.2 Å². The molecule has 2 N–H and O–H groups in total. The van der Waals surface area contributed by atoms with Crippen LogP contribution in [0, 0.1) is 0 Å². The Bertz CT molecular complexity index is 351. The topological polar surface area (TPSA) is 69.6 Å². The Balaban J connectivity index is 2.17. The first kappa shape index (κ1) is 14.3. The van der Waals surface area contributed by atoms with E-state index in [1.807, 2.05) is 0 Å². The number of carboxylic acids is 1. The van der Waals surface area contributed by atoms with Crippen LogP contribution in [0.4, 0.5) is 0 Å². The lowest BCUT2D eigenvalue weighted by Crippen LogP contribution is -2.60. The second kappa shape index (κ2) is 5.90. The highest BCUT2D eigenvalue weighted by Crippen LogP contribution is 2.30. The SMILES string of the molecule is CCCC1(C(=O)N2CCCC[C@@H]2C(=O)O)CCCN1. The Morgan fingerprint density at radius 1 is 1.37 bits per heavy atom. The molecule has 0 aliphatic carbocycles. The van der Waals surface area contributed by atoms with Gasteiger partial charge in [-0.15, -0.1) is 0 Å². The average Bonchev–Trinajstić information content (AvgIpc) is 2.88. The van der Waals surface area contributed by atoms with Gasteiger partial charge >= 0.3 is 5.97 Å². The number of piperidine rings is 1. The van der Waals surface area contributed by atoms with Crippen LogP contribution in [0.2, 0.25) is 0 Å². The number of amides is 1. The molecule has 2 aliphatic rings. The number of hydrogen-bond acceptors (Lipinski definition) is 3. The van der Waals surface area contributed by atoms with Gasteiger partial charge in [-0.2, -0.15) is 0 Å². The van der Waals surface area contributed by atoms with Crippen molar-refractivity contribution < 1.29 is 14.7 Å². The molecule has 0 saturated carbocycles. The van der Waals surface area contributed by atoms with Crippen LogP contribution < -0.4 is 5.32 Å². The predicted molar refractivity (Wildman–Crippen MR) is 71.9 cm³/mol. The summed E-state index contributed by atoms with van der Waals surface area (Å²) < 4.78 is 0. The van der Waals surface area contributed by atoms with Gasteiger partial charge in [0.25, 0.3) is 0 Å². The van der Waals surface area contributed by atoms with Crippen molar-refractivity contribution in [2.24, 2.45) is 0 Å². The van der Waals surface area contributed by atoms with Gasteiger partial charge in [0.2, 0.25) is 5.91 Å². The summed E-state index contributed by atoms with van der Waals surface area (Å²) in [5, 5.41) is 12.6. The molecule has 5 heteroatoms. The molecule has 0 aromatic rings. The third kappa shape index (κ3) is 2.76. The van der Waals surface area contributed by atoms with Gasteiger partial charge in [-0.1, -0.05) is 13.3 Å². The number of carbonyl (C=O) groups is 2. The van der Waals surface area contributed by atoms with Crippen LogP contribution in [0.1, 0.15) is 51.9 Å². The lowest BCUT2D eigenvalue weighted by molar-refractivity contribution is -0.155. The van der Waals surface area contributed by atoms with Crippen LogP contribution in [0.3, 0.4) is 0 Å². The van der Waals surface area contributed by atoms with Gasteiger partial charge in [-0.05, 0) is 45.1 Å². The van der Waals surface area contributed by atoms with Crippen molar-refractivity contribution in [2.45, 2.75) is 63.5 Å². The molecular formula is C14H24N2O3. The Morgan fingerprint density at radius 2 is 2.16 bits per heavy atom. The number of nitrogens with zero attached hydrogens (tertiary/aromatic N) is 1. The van der Waals surface area contributed by atoms with E-state index in [1.54, 1.807) is 4.90 Å². The average molecular weight is 268 g/mol. The number of carbonyl (C=O) groups excluding carboxylic acids is 1. The van der Waals surface area contributed by atoms with Crippen molar-refractivity contribution in [2.75, 3.05) is 13.1 Å². The molecule has 1 amide bonds. The first-order valence-corrected chi connectivity index (χ1v) is 7.39. The van der Waals surface area contributed by atoms with Gasteiger partial charge in [0, 0.05) is 6.54 Å². The second-order valence-corrected chi connectivity index (χ2v) is 5.71. The van der Waals surface area contributed by atoms with E-state index in [-0.39, 0.29) is 5.91 Å². The maximum atomic E-state index is 12.8. The molecule has 2 heterocycles. The third-order valence-corrected chi connectivity index (χ3v) is 4.38. The Kier molecular flexibility index (Phi) is 4.45. The number of likely N-dealkylation sites (tertiary alicyclic amines) is 1. The van der Waals surface area contributed by atoms with E-state index in [0.29, 0.717) is 13.0 Å². The maximum absolute atomic E-state index is 12.8. The summed E-state index contributed by atoms with van der Waals surface area (Å²) in [4.78, 5) is 25.8. The van der Waals surface area contributed by atoms with Gasteiger partial charge in [-0.3, -0.25) is 4.79 Å². The number of carboxylic acid groups (broad SMARTS) is 1. The minimum Gasteiger partial charge on any atom is -0.480 e. The van der Waals surface area contributed by atoms with Gasteiger partial charge < -0.3 is 15.3 Å². The molecule has 0 aromatic heterocycles. The quantitative estimate of drug-likeness (QED) is 0.808. The third-order valence-electron chi connectivity index (χ3n) is 4.38. The smallest absolute Gasteiger partial charge is 0.326 e. The Hall–Kier alpha value is -1.10. The zero-order valence-corrected chi connectivity index (χ0v) is 11.7. The fraction of sp³-hybridized carbons (Fsp3) is 0.857. The summed E-state index contributed by atoms with van der Waals surface area (Å²) in [7, 11) is 0. The first-order valence-electron chi connectivity index (χ1n) is 7.39.